The number of likely N-dealkylation sites (N-methyl/N-ethyl adjacent to an activating group) is 1. The molecular weight excluding hydrogens is 267 g/mol. The number of halogens is 1. The van der Waals surface area contributed by atoms with E-state index in [0.717, 1.165) is 44.6 Å². The van der Waals surface area contributed by atoms with Gasteiger partial charge in [0.1, 0.15) is 5.82 Å². The Morgan fingerprint density at radius 3 is 2.57 bits per heavy atom. The van der Waals surface area contributed by atoms with Crippen molar-refractivity contribution in [3.8, 4) is 0 Å². The molecule has 0 saturated heterocycles. The van der Waals surface area contributed by atoms with Crippen molar-refractivity contribution in [1.29, 1.82) is 0 Å². The molecule has 0 aliphatic carbocycles. The summed E-state index contributed by atoms with van der Waals surface area (Å²) in [6.45, 7) is 8.97. The third kappa shape index (κ3) is 5.29. The number of aliphatic hydroxyl groups is 1. The molecule has 0 spiro atoms. The van der Waals surface area contributed by atoms with E-state index in [1.807, 2.05) is 6.07 Å². The second-order valence-corrected chi connectivity index (χ2v) is 5.49. The molecule has 21 heavy (non-hydrogen) atoms. The molecule has 0 radical (unpaired) electrons. The molecule has 0 saturated carbocycles. The van der Waals surface area contributed by atoms with Gasteiger partial charge < -0.3 is 15.3 Å². The van der Waals surface area contributed by atoms with Crippen LogP contribution >= 0.6 is 0 Å². The van der Waals surface area contributed by atoms with Gasteiger partial charge in [-0.05, 0) is 50.9 Å². The molecule has 1 aromatic carbocycles. The number of aliphatic hydroxyl groups excluding tert-OH is 1. The predicted molar refractivity (Wildman–Crippen MR) is 87.3 cm³/mol. The Kier molecular flexibility index (Phi) is 7.68. The van der Waals surface area contributed by atoms with Gasteiger partial charge in [-0.1, -0.05) is 19.9 Å². The molecule has 0 amide bonds. The van der Waals surface area contributed by atoms with Gasteiger partial charge in [0, 0.05) is 24.3 Å². The average Bonchev–Trinajstić information content (AvgIpc) is 2.50. The first-order valence-electron chi connectivity index (χ1n) is 7.97. The summed E-state index contributed by atoms with van der Waals surface area (Å²) in [5.74, 6) is -0.197. The van der Waals surface area contributed by atoms with Crippen LogP contribution < -0.4 is 10.2 Å². The molecule has 4 heteroatoms. The Hall–Kier alpha value is -1.13. The number of hydrogen-bond donors (Lipinski definition) is 2. The lowest BCUT2D eigenvalue weighted by atomic mass is 9.91. The maximum Gasteiger partial charge on any atom is 0.125 e. The van der Waals surface area contributed by atoms with Gasteiger partial charge in [0.2, 0.25) is 0 Å². The lowest BCUT2D eigenvalue weighted by Gasteiger charge is -2.33. The maximum atomic E-state index is 13.3. The first-order chi connectivity index (χ1) is 10.1. The summed E-state index contributed by atoms with van der Waals surface area (Å²) in [4.78, 5) is 2.17. The summed E-state index contributed by atoms with van der Waals surface area (Å²) in [5, 5.41) is 13.1. The first-order valence-corrected chi connectivity index (χ1v) is 7.97. The normalized spacial score (nSPS) is 14.0. The minimum absolute atomic E-state index is 0.156. The summed E-state index contributed by atoms with van der Waals surface area (Å²) in [7, 11) is 0. The van der Waals surface area contributed by atoms with E-state index in [1.54, 1.807) is 12.1 Å². The van der Waals surface area contributed by atoms with Crippen molar-refractivity contribution >= 4 is 5.69 Å². The highest BCUT2D eigenvalue weighted by molar-refractivity contribution is 5.46. The SMILES string of the molecule is CCNC(CC)(CO)CCCN(CC)c1cccc(F)c1. The molecule has 0 heterocycles. The van der Waals surface area contributed by atoms with Gasteiger partial charge in [-0.2, -0.15) is 0 Å². The number of nitrogens with one attached hydrogen (secondary N) is 1. The van der Waals surface area contributed by atoms with Crippen molar-refractivity contribution in [2.45, 2.75) is 45.6 Å². The van der Waals surface area contributed by atoms with Crippen LogP contribution in [-0.4, -0.2) is 36.9 Å². The fourth-order valence-electron chi connectivity index (χ4n) is 2.76. The van der Waals surface area contributed by atoms with E-state index in [2.05, 4.69) is 31.0 Å². The fraction of sp³-hybridized carbons (Fsp3) is 0.647. The van der Waals surface area contributed by atoms with Gasteiger partial charge in [0.15, 0.2) is 0 Å². The summed E-state index contributed by atoms with van der Waals surface area (Å²) >= 11 is 0. The molecule has 0 bridgehead atoms. The average molecular weight is 296 g/mol. The van der Waals surface area contributed by atoms with Gasteiger partial charge in [-0.3, -0.25) is 0 Å². The minimum atomic E-state index is -0.197. The molecule has 0 aliphatic heterocycles. The van der Waals surface area contributed by atoms with Gasteiger partial charge in [-0.25, -0.2) is 4.39 Å². The molecule has 1 unspecified atom stereocenters. The van der Waals surface area contributed by atoms with E-state index in [-0.39, 0.29) is 18.0 Å². The van der Waals surface area contributed by atoms with Crippen LogP contribution in [0.1, 0.15) is 40.0 Å². The lowest BCUT2D eigenvalue weighted by Crippen LogP contribution is -2.48. The molecular formula is C17H29FN2O. The lowest BCUT2D eigenvalue weighted by molar-refractivity contribution is 0.147. The highest BCUT2D eigenvalue weighted by Crippen LogP contribution is 2.20. The first kappa shape index (κ1) is 17.9. The van der Waals surface area contributed by atoms with Gasteiger partial charge in [-0.15, -0.1) is 0 Å². The Balaban J connectivity index is 2.59. The minimum Gasteiger partial charge on any atom is -0.394 e. The van der Waals surface area contributed by atoms with Crippen molar-refractivity contribution in [2.75, 3.05) is 31.1 Å². The number of anilines is 1. The molecule has 3 nitrogen and oxygen atoms in total. The molecule has 0 fully saturated rings. The summed E-state index contributed by atoms with van der Waals surface area (Å²) < 4.78 is 13.3. The van der Waals surface area contributed by atoms with Crippen LogP contribution in [0.4, 0.5) is 10.1 Å². The zero-order valence-electron chi connectivity index (χ0n) is 13.5. The molecule has 1 aromatic rings. The topological polar surface area (TPSA) is 35.5 Å². The molecule has 2 N–H and O–H groups in total. The van der Waals surface area contributed by atoms with Crippen molar-refractivity contribution < 1.29 is 9.50 Å². The van der Waals surface area contributed by atoms with Gasteiger partial charge in [0.05, 0.1) is 6.61 Å². The van der Waals surface area contributed by atoms with Gasteiger partial charge >= 0.3 is 0 Å². The van der Waals surface area contributed by atoms with E-state index in [1.165, 1.54) is 6.07 Å². The summed E-state index contributed by atoms with van der Waals surface area (Å²) in [6, 6.07) is 6.73. The monoisotopic (exact) mass is 296 g/mol. The second kappa shape index (κ2) is 9.00. The smallest absolute Gasteiger partial charge is 0.125 e. The number of rotatable bonds is 10. The third-order valence-electron chi connectivity index (χ3n) is 4.17. The molecule has 1 atom stereocenters. The highest BCUT2D eigenvalue weighted by atomic mass is 19.1. The van der Waals surface area contributed by atoms with Crippen LogP contribution in [0, 0.1) is 5.82 Å². The second-order valence-electron chi connectivity index (χ2n) is 5.49. The van der Waals surface area contributed by atoms with Crippen LogP contribution in [0.2, 0.25) is 0 Å². The number of nitrogens with zero attached hydrogens (tertiary/aromatic N) is 1. The zero-order valence-corrected chi connectivity index (χ0v) is 13.5. The predicted octanol–water partition coefficient (Wildman–Crippen LogP) is 3.18. The molecule has 1 rings (SSSR count). The van der Waals surface area contributed by atoms with Crippen molar-refractivity contribution in [3.63, 3.8) is 0 Å². The fourth-order valence-corrected chi connectivity index (χ4v) is 2.76. The Morgan fingerprint density at radius 2 is 2.05 bits per heavy atom. The standard InChI is InChI=1S/C17H29FN2O/c1-4-17(14-21,19-5-2)11-8-12-20(6-3)16-10-7-9-15(18)13-16/h7,9-10,13,19,21H,4-6,8,11-12,14H2,1-3H3. The number of hydrogen-bond acceptors (Lipinski definition) is 3. The molecule has 0 aliphatic rings. The van der Waals surface area contributed by atoms with E-state index < -0.39 is 0 Å². The van der Waals surface area contributed by atoms with Crippen LogP contribution in [0.3, 0.4) is 0 Å². The van der Waals surface area contributed by atoms with Gasteiger partial charge in [0.25, 0.3) is 0 Å². The summed E-state index contributed by atoms with van der Waals surface area (Å²) in [5.41, 5.74) is 0.739. The van der Waals surface area contributed by atoms with E-state index in [4.69, 9.17) is 0 Å². The van der Waals surface area contributed by atoms with Crippen molar-refractivity contribution in [3.05, 3.63) is 30.1 Å². The Labute approximate surface area is 128 Å². The highest BCUT2D eigenvalue weighted by Gasteiger charge is 2.25. The Morgan fingerprint density at radius 1 is 1.29 bits per heavy atom. The Bertz CT molecular complexity index is 408. The zero-order chi connectivity index (χ0) is 15.7. The van der Waals surface area contributed by atoms with Crippen molar-refractivity contribution in [1.82, 2.24) is 5.32 Å². The number of benzene rings is 1. The van der Waals surface area contributed by atoms with E-state index in [9.17, 15) is 9.50 Å². The van der Waals surface area contributed by atoms with Crippen molar-refractivity contribution in [2.24, 2.45) is 0 Å². The van der Waals surface area contributed by atoms with Crippen LogP contribution in [0.15, 0.2) is 24.3 Å². The molecule has 0 aromatic heterocycles. The van der Waals surface area contributed by atoms with E-state index >= 15 is 0 Å². The quantitative estimate of drug-likeness (QED) is 0.696. The largest absolute Gasteiger partial charge is 0.394 e. The van der Waals surface area contributed by atoms with E-state index in [0.29, 0.717) is 0 Å². The van der Waals surface area contributed by atoms with Crippen LogP contribution in [-0.2, 0) is 0 Å². The maximum absolute atomic E-state index is 13.3. The van der Waals surface area contributed by atoms with Crippen LogP contribution in [0.25, 0.3) is 0 Å². The molecule has 120 valence electrons. The van der Waals surface area contributed by atoms with Crippen LogP contribution in [0.5, 0.6) is 0 Å². The third-order valence-corrected chi connectivity index (χ3v) is 4.17. The summed E-state index contributed by atoms with van der Waals surface area (Å²) in [6.07, 6.45) is 2.79.